The van der Waals surface area contributed by atoms with Crippen LogP contribution in [0.1, 0.15) is 206 Å². The van der Waals surface area contributed by atoms with Crippen LogP contribution in [0.25, 0.3) is 0 Å². The molecule has 12 heteroatoms. The van der Waals surface area contributed by atoms with E-state index in [1.54, 1.807) is 0 Å². The van der Waals surface area contributed by atoms with Gasteiger partial charge in [-0.2, -0.15) is 0 Å². The van der Waals surface area contributed by atoms with Crippen LogP contribution in [-0.4, -0.2) is 59.9 Å². The molecule has 0 spiro atoms. The number of nitrogens with two attached hydrogens (primary N) is 1. The van der Waals surface area contributed by atoms with Gasteiger partial charge in [-0.1, -0.05) is 154 Å². The fourth-order valence-corrected chi connectivity index (χ4v) is 6.89. The number of allylic oxidation sites excluding steroid dienone is 4. The highest BCUT2D eigenvalue weighted by atomic mass is 31.2. The van der Waals surface area contributed by atoms with Crippen LogP contribution in [0.2, 0.25) is 0 Å². The van der Waals surface area contributed by atoms with Crippen molar-refractivity contribution in [2.75, 3.05) is 19.8 Å². The van der Waals surface area contributed by atoms with Gasteiger partial charge < -0.3 is 25.2 Å². The lowest BCUT2D eigenvalue weighted by Crippen LogP contribution is -2.34. The maximum absolute atomic E-state index is 12.6. The number of phosphoric ester groups is 1. The summed E-state index contributed by atoms with van der Waals surface area (Å²) >= 11 is 0. The number of carboxylic acids is 1. The monoisotopic (exact) mass is 816 g/mol. The minimum atomic E-state index is -4.71. The van der Waals surface area contributed by atoms with Gasteiger partial charge in [0.2, 0.25) is 0 Å². The van der Waals surface area contributed by atoms with Crippen LogP contribution in [0.4, 0.5) is 0 Å². The molecular weight excluding hydrogens is 733 g/mol. The topological polar surface area (TPSA) is 172 Å². The van der Waals surface area contributed by atoms with Crippen molar-refractivity contribution in [3.8, 4) is 0 Å². The second-order valence-corrected chi connectivity index (χ2v) is 16.6. The molecule has 0 aromatic rings. The van der Waals surface area contributed by atoms with E-state index in [1.807, 2.05) is 0 Å². The van der Waals surface area contributed by atoms with Gasteiger partial charge in [-0.3, -0.25) is 23.4 Å². The van der Waals surface area contributed by atoms with Crippen molar-refractivity contribution in [2.24, 2.45) is 5.73 Å². The molecule has 1 unspecified atom stereocenters. The van der Waals surface area contributed by atoms with E-state index < -0.39 is 51.1 Å². The van der Waals surface area contributed by atoms with Crippen molar-refractivity contribution in [3.63, 3.8) is 0 Å². The molecule has 0 amide bonds. The average Bonchev–Trinajstić information content (AvgIpc) is 3.17. The quantitative estimate of drug-likeness (QED) is 0.0232. The number of hydrogen-bond donors (Lipinski definition) is 3. The van der Waals surface area contributed by atoms with Gasteiger partial charge in [0.25, 0.3) is 0 Å². The zero-order valence-corrected chi connectivity index (χ0v) is 36.4. The van der Waals surface area contributed by atoms with Crippen LogP contribution in [0.3, 0.4) is 0 Å². The van der Waals surface area contributed by atoms with Crippen LogP contribution >= 0.6 is 7.82 Å². The van der Waals surface area contributed by atoms with Gasteiger partial charge in [0.1, 0.15) is 12.6 Å². The number of hydrogen-bond acceptors (Lipinski definition) is 9. The maximum Gasteiger partial charge on any atom is 0.472 e. The average molecular weight is 816 g/mol. The van der Waals surface area contributed by atoms with Gasteiger partial charge in [-0.05, 0) is 64.2 Å². The molecule has 11 nitrogen and oxygen atoms in total. The summed E-state index contributed by atoms with van der Waals surface area (Å²) in [6.45, 7) is 2.78. The lowest BCUT2D eigenvalue weighted by molar-refractivity contribution is -0.161. The molecule has 0 aliphatic rings. The number of aliphatic carboxylic acids is 1. The van der Waals surface area contributed by atoms with E-state index in [0.717, 1.165) is 57.8 Å². The summed E-state index contributed by atoms with van der Waals surface area (Å²) in [7, 11) is -4.71. The molecule has 0 heterocycles. The van der Waals surface area contributed by atoms with E-state index in [-0.39, 0.29) is 19.4 Å². The molecule has 56 heavy (non-hydrogen) atoms. The van der Waals surface area contributed by atoms with Crippen LogP contribution in [0.15, 0.2) is 24.3 Å². The molecule has 0 rings (SSSR count). The molecule has 0 bridgehead atoms. The highest BCUT2D eigenvalue weighted by Gasteiger charge is 2.28. The molecule has 0 fully saturated rings. The Kier molecular flexibility index (Phi) is 38.3. The predicted molar refractivity (Wildman–Crippen MR) is 226 cm³/mol. The largest absolute Gasteiger partial charge is 0.480 e. The number of ether oxygens (including phenoxy) is 2. The molecule has 4 N–H and O–H groups in total. The minimum Gasteiger partial charge on any atom is -0.480 e. The molecule has 3 atom stereocenters. The fraction of sp³-hybridized carbons (Fsp3) is 0.841. The van der Waals surface area contributed by atoms with Crippen LogP contribution < -0.4 is 5.73 Å². The first-order valence-electron chi connectivity index (χ1n) is 22.4. The SMILES string of the molecule is CCCCCC/C=C/CCCCCCCC(=O)OC[C@@H](COP(=O)(O)OC[C@H](N)C(=O)O)OC(=O)CCCCCCCCCCC/C=C/CCCCCCCC. The summed E-state index contributed by atoms with van der Waals surface area (Å²) in [5.74, 6) is -2.38. The zero-order valence-electron chi connectivity index (χ0n) is 35.5. The Hall–Kier alpha value is -2.04. The fourth-order valence-electron chi connectivity index (χ4n) is 6.11. The van der Waals surface area contributed by atoms with E-state index in [2.05, 4.69) is 42.7 Å². The summed E-state index contributed by atoms with van der Waals surface area (Å²) in [5, 5.41) is 8.89. The van der Waals surface area contributed by atoms with Crippen molar-refractivity contribution in [1.82, 2.24) is 0 Å². The van der Waals surface area contributed by atoms with Gasteiger partial charge >= 0.3 is 25.7 Å². The Balaban J connectivity index is 4.32. The molecule has 0 saturated carbocycles. The number of phosphoric acid groups is 1. The Morgan fingerprint density at radius 2 is 0.893 bits per heavy atom. The highest BCUT2D eigenvalue weighted by molar-refractivity contribution is 7.47. The molecule has 0 saturated heterocycles. The molecule has 0 aromatic carbocycles. The van der Waals surface area contributed by atoms with E-state index in [0.29, 0.717) is 12.8 Å². The smallest absolute Gasteiger partial charge is 0.472 e. The number of carbonyl (C=O) groups excluding carboxylic acids is 2. The van der Waals surface area contributed by atoms with Crippen molar-refractivity contribution < 1.29 is 47.5 Å². The van der Waals surface area contributed by atoms with Crippen LogP contribution in [0.5, 0.6) is 0 Å². The molecule has 0 aromatic heterocycles. The van der Waals surface area contributed by atoms with Crippen molar-refractivity contribution in [1.29, 1.82) is 0 Å². The normalized spacial score (nSPS) is 13.9. The van der Waals surface area contributed by atoms with Crippen molar-refractivity contribution >= 4 is 25.7 Å². The summed E-state index contributed by atoms with van der Waals surface area (Å²) in [4.78, 5) is 45.9. The Morgan fingerprint density at radius 1 is 0.536 bits per heavy atom. The Bertz CT molecular complexity index is 1050. The summed E-state index contributed by atoms with van der Waals surface area (Å²) in [6, 6.07) is -1.52. The summed E-state index contributed by atoms with van der Waals surface area (Å²) in [6.07, 6.45) is 41.0. The van der Waals surface area contributed by atoms with E-state index in [9.17, 15) is 23.8 Å². The van der Waals surface area contributed by atoms with Gasteiger partial charge in [-0.15, -0.1) is 0 Å². The molecule has 0 aliphatic heterocycles. The van der Waals surface area contributed by atoms with Gasteiger partial charge in [0.15, 0.2) is 6.10 Å². The second-order valence-electron chi connectivity index (χ2n) is 15.2. The number of rotatable bonds is 42. The van der Waals surface area contributed by atoms with Crippen LogP contribution in [0, 0.1) is 0 Å². The highest BCUT2D eigenvalue weighted by Crippen LogP contribution is 2.43. The first-order valence-corrected chi connectivity index (χ1v) is 23.9. The number of carboxylic acid groups (broad SMARTS) is 1. The molecular formula is C44H82NO10P. The van der Waals surface area contributed by atoms with Crippen molar-refractivity contribution in [2.45, 2.75) is 219 Å². The Labute approximate surface area is 340 Å². The minimum absolute atomic E-state index is 0.159. The lowest BCUT2D eigenvalue weighted by Gasteiger charge is -2.20. The number of unbranched alkanes of at least 4 members (excludes halogenated alkanes) is 24. The Morgan fingerprint density at radius 3 is 1.32 bits per heavy atom. The van der Waals surface area contributed by atoms with Gasteiger partial charge in [0.05, 0.1) is 13.2 Å². The van der Waals surface area contributed by atoms with Gasteiger partial charge in [-0.25, -0.2) is 4.57 Å². The van der Waals surface area contributed by atoms with E-state index in [1.165, 1.54) is 109 Å². The summed E-state index contributed by atoms with van der Waals surface area (Å²) < 4.78 is 32.7. The zero-order chi connectivity index (χ0) is 41.4. The second kappa shape index (κ2) is 39.8. The third kappa shape index (κ3) is 38.8. The standard InChI is InChI=1S/C44H82NO10P/c1-3-5-7-9-11-13-15-17-18-19-20-21-22-24-26-28-30-32-34-36-43(47)55-40(38-53-56(50,51)54-39-41(45)44(48)49)37-52-42(46)35-33-31-29-27-25-23-16-14-12-10-8-6-4-2/h14,16-18,40-41H,3-13,15,19-39,45H2,1-2H3,(H,48,49)(H,50,51)/b16-14+,18-17+/t40-,41-/m0/s1. The first kappa shape index (κ1) is 54.0. The van der Waals surface area contributed by atoms with Crippen LogP contribution in [-0.2, 0) is 37.5 Å². The van der Waals surface area contributed by atoms with Crippen molar-refractivity contribution in [3.05, 3.63) is 24.3 Å². The van der Waals surface area contributed by atoms with Gasteiger partial charge in [0, 0.05) is 12.8 Å². The van der Waals surface area contributed by atoms with E-state index >= 15 is 0 Å². The maximum atomic E-state index is 12.6. The molecule has 0 aliphatic carbocycles. The third-order valence-electron chi connectivity index (χ3n) is 9.67. The molecule has 328 valence electrons. The number of carbonyl (C=O) groups is 3. The lowest BCUT2D eigenvalue weighted by atomic mass is 10.1. The predicted octanol–water partition coefficient (Wildman–Crippen LogP) is 11.8. The number of esters is 2. The first-order chi connectivity index (χ1) is 27.1. The molecule has 0 radical (unpaired) electrons. The third-order valence-corrected chi connectivity index (χ3v) is 10.6. The van der Waals surface area contributed by atoms with E-state index in [4.69, 9.17) is 24.8 Å². The summed E-state index contributed by atoms with van der Waals surface area (Å²) in [5.41, 5.74) is 5.33.